The molecule has 168 valence electrons. The maximum absolute atomic E-state index is 12.9. The van der Waals surface area contributed by atoms with Crippen LogP contribution in [-0.2, 0) is 14.8 Å². The number of hydrogen-bond acceptors (Lipinski definition) is 7. The van der Waals surface area contributed by atoms with Crippen LogP contribution >= 0.6 is 0 Å². The van der Waals surface area contributed by atoms with E-state index in [0.717, 1.165) is 12.8 Å². The molecule has 33 heavy (non-hydrogen) atoms. The number of nitrogens with one attached hydrogen (secondary N) is 3. The first-order valence-electron chi connectivity index (χ1n) is 10.2. The van der Waals surface area contributed by atoms with Crippen molar-refractivity contribution in [2.24, 2.45) is 5.41 Å². The summed E-state index contributed by atoms with van der Waals surface area (Å²) in [4.78, 5) is 23.5. The number of anilines is 2. The van der Waals surface area contributed by atoms with Crippen LogP contribution in [0.15, 0.2) is 70.3 Å². The Balaban J connectivity index is 1.30. The summed E-state index contributed by atoms with van der Waals surface area (Å²) in [5.74, 6) is 0.929. The molecule has 3 N–H and O–H groups in total. The molecule has 2 heterocycles. The molecule has 1 aliphatic carbocycles. The van der Waals surface area contributed by atoms with Gasteiger partial charge >= 0.3 is 0 Å². The molecule has 4 aromatic rings. The average Bonchev–Trinajstić information content (AvgIpc) is 3.21. The summed E-state index contributed by atoms with van der Waals surface area (Å²) in [6, 6.07) is 12.7. The first-order chi connectivity index (χ1) is 15.8. The fourth-order valence-corrected chi connectivity index (χ4v) is 4.22. The van der Waals surface area contributed by atoms with Crippen molar-refractivity contribution >= 4 is 27.3 Å². The van der Waals surface area contributed by atoms with Crippen LogP contribution in [0.5, 0.6) is 0 Å². The van der Waals surface area contributed by atoms with Crippen LogP contribution in [-0.4, -0.2) is 34.4 Å². The van der Waals surface area contributed by atoms with E-state index in [1.807, 2.05) is 6.92 Å². The fourth-order valence-electron chi connectivity index (χ4n) is 3.17. The van der Waals surface area contributed by atoms with Gasteiger partial charge in [-0.25, -0.2) is 13.4 Å². The first-order valence-corrected chi connectivity index (χ1v) is 11.7. The quantitative estimate of drug-likeness (QED) is 0.379. The molecule has 0 spiro atoms. The summed E-state index contributed by atoms with van der Waals surface area (Å²) >= 11 is 0. The second-order valence-electron chi connectivity index (χ2n) is 8.09. The number of carbonyl (C=O) groups is 1. The predicted molar refractivity (Wildman–Crippen MR) is 121 cm³/mol. The van der Waals surface area contributed by atoms with Gasteiger partial charge < -0.3 is 14.8 Å². The van der Waals surface area contributed by atoms with E-state index < -0.39 is 10.0 Å². The Hall–Kier alpha value is -3.99. The molecule has 1 amide bonds. The van der Waals surface area contributed by atoms with E-state index in [1.54, 1.807) is 48.8 Å². The monoisotopic (exact) mass is 464 g/mol. The van der Waals surface area contributed by atoms with Crippen LogP contribution in [0.2, 0.25) is 0 Å². The fraction of sp³-hybridized carbons (Fsp3) is 0.182. The van der Waals surface area contributed by atoms with Gasteiger partial charge in [0.05, 0.1) is 10.6 Å². The maximum atomic E-state index is 12.9. The van der Waals surface area contributed by atoms with Crippen molar-refractivity contribution in [3.8, 4) is 23.1 Å². The Morgan fingerprint density at radius 1 is 1.12 bits per heavy atom. The number of amides is 1. The molecule has 10 nitrogen and oxygen atoms in total. The lowest BCUT2D eigenvalue weighted by molar-refractivity contribution is -0.120. The Morgan fingerprint density at radius 2 is 1.88 bits per heavy atom. The van der Waals surface area contributed by atoms with Crippen molar-refractivity contribution in [1.82, 2.24) is 20.1 Å². The van der Waals surface area contributed by atoms with Crippen LogP contribution in [0.3, 0.4) is 0 Å². The summed E-state index contributed by atoms with van der Waals surface area (Å²) in [6.45, 7) is 1.91. The number of sulfonamides is 1. The van der Waals surface area contributed by atoms with E-state index in [0.29, 0.717) is 28.6 Å². The molecule has 0 bridgehead atoms. The van der Waals surface area contributed by atoms with Crippen molar-refractivity contribution < 1.29 is 17.7 Å². The van der Waals surface area contributed by atoms with Gasteiger partial charge in [-0.15, -0.1) is 0 Å². The molecule has 0 saturated heterocycles. The summed E-state index contributed by atoms with van der Waals surface area (Å²) in [7, 11) is -3.85. The molecule has 0 aliphatic heterocycles. The third kappa shape index (κ3) is 4.35. The van der Waals surface area contributed by atoms with E-state index in [-0.39, 0.29) is 22.1 Å². The normalized spacial score (nSPS) is 14.6. The second kappa shape index (κ2) is 7.85. The van der Waals surface area contributed by atoms with Crippen LogP contribution in [0.1, 0.15) is 19.8 Å². The molecule has 1 saturated carbocycles. The maximum Gasteiger partial charge on any atom is 0.294 e. The Morgan fingerprint density at radius 3 is 2.58 bits per heavy atom. The molecule has 0 radical (unpaired) electrons. The van der Waals surface area contributed by atoms with Gasteiger partial charge in [0.1, 0.15) is 0 Å². The molecule has 2 aromatic heterocycles. The Labute approximate surface area is 189 Å². The summed E-state index contributed by atoms with van der Waals surface area (Å²) < 4.78 is 33.4. The Kier molecular flexibility index (Phi) is 4.97. The van der Waals surface area contributed by atoms with Crippen LogP contribution in [0.4, 0.5) is 11.4 Å². The third-order valence-electron chi connectivity index (χ3n) is 5.47. The second-order valence-corrected chi connectivity index (χ2v) is 9.77. The number of carbonyl (C=O) groups excluding carboxylic acids is 1. The number of benzene rings is 2. The molecule has 0 unspecified atom stereocenters. The lowest BCUT2D eigenvalue weighted by atomic mass is 10.1. The minimum absolute atomic E-state index is 0.0604. The molecule has 0 atom stereocenters. The minimum atomic E-state index is -3.85. The molecule has 2 aromatic carbocycles. The first kappa shape index (κ1) is 20.9. The SMILES string of the molecule is CC1(C(=O)Nc2cccc(NS(=O)(=O)c3ccc(-c4noc(-c5ncc[nH]5)n4)cc3)c2)CC1. The number of aromatic amines is 1. The predicted octanol–water partition coefficient (Wildman–Crippen LogP) is 3.67. The van der Waals surface area contributed by atoms with Gasteiger partial charge in [0.25, 0.3) is 15.9 Å². The summed E-state index contributed by atoms with van der Waals surface area (Å²) in [5.41, 5.74) is 1.15. The topological polar surface area (TPSA) is 143 Å². The van der Waals surface area contributed by atoms with Gasteiger partial charge in [-0.3, -0.25) is 9.52 Å². The number of imidazole rings is 1. The average molecular weight is 465 g/mol. The van der Waals surface area contributed by atoms with Crippen LogP contribution in [0, 0.1) is 5.41 Å². The van der Waals surface area contributed by atoms with E-state index in [1.165, 1.54) is 12.1 Å². The van der Waals surface area contributed by atoms with Crippen LogP contribution < -0.4 is 10.0 Å². The van der Waals surface area contributed by atoms with Crippen molar-refractivity contribution in [3.63, 3.8) is 0 Å². The van der Waals surface area contributed by atoms with Crippen molar-refractivity contribution in [2.45, 2.75) is 24.7 Å². The number of H-pyrrole nitrogens is 1. The van der Waals surface area contributed by atoms with E-state index >= 15 is 0 Å². The highest BCUT2D eigenvalue weighted by Gasteiger charge is 2.44. The van der Waals surface area contributed by atoms with Crippen molar-refractivity contribution in [3.05, 3.63) is 60.9 Å². The highest BCUT2D eigenvalue weighted by molar-refractivity contribution is 7.92. The van der Waals surface area contributed by atoms with Gasteiger partial charge in [0, 0.05) is 29.1 Å². The Bertz CT molecular complexity index is 1410. The summed E-state index contributed by atoms with van der Waals surface area (Å²) in [5, 5.41) is 6.76. The number of aromatic nitrogens is 4. The van der Waals surface area contributed by atoms with E-state index in [2.05, 4.69) is 30.1 Å². The zero-order valence-electron chi connectivity index (χ0n) is 17.6. The standard InChI is InChI=1S/C22H20N6O4S/c1-22(9-10-22)21(29)25-15-3-2-4-16(13-15)28-33(30,31)17-7-5-14(6-8-17)18-26-20(32-27-18)19-23-11-12-24-19/h2-8,11-13,28H,9-10H2,1H3,(H,23,24)(H,25,29). The van der Waals surface area contributed by atoms with E-state index in [9.17, 15) is 13.2 Å². The third-order valence-corrected chi connectivity index (χ3v) is 6.87. The molecule has 11 heteroatoms. The minimum Gasteiger partial charge on any atom is -0.341 e. The van der Waals surface area contributed by atoms with Crippen molar-refractivity contribution in [2.75, 3.05) is 10.0 Å². The van der Waals surface area contributed by atoms with Gasteiger partial charge in [0.15, 0.2) is 5.82 Å². The lowest BCUT2D eigenvalue weighted by Gasteiger charge is -2.12. The summed E-state index contributed by atoms with van der Waals surface area (Å²) in [6.07, 6.45) is 4.93. The van der Waals surface area contributed by atoms with Crippen molar-refractivity contribution in [1.29, 1.82) is 0 Å². The smallest absolute Gasteiger partial charge is 0.294 e. The highest BCUT2D eigenvalue weighted by atomic mass is 32.2. The molecular weight excluding hydrogens is 444 g/mol. The lowest BCUT2D eigenvalue weighted by Crippen LogP contribution is -2.21. The highest BCUT2D eigenvalue weighted by Crippen LogP contribution is 2.45. The van der Waals surface area contributed by atoms with Gasteiger partial charge in [0.2, 0.25) is 11.7 Å². The van der Waals surface area contributed by atoms with Gasteiger partial charge in [-0.05, 0) is 55.3 Å². The molecule has 5 rings (SSSR count). The zero-order valence-corrected chi connectivity index (χ0v) is 18.4. The van der Waals surface area contributed by atoms with Gasteiger partial charge in [-0.1, -0.05) is 18.1 Å². The zero-order chi connectivity index (χ0) is 23.1. The number of hydrogen-bond donors (Lipinski definition) is 3. The molecule has 1 fully saturated rings. The van der Waals surface area contributed by atoms with Gasteiger partial charge in [-0.2, -0.15) is 4.98 Å². The number of rotatable bonds is 7. The van der Waals surface area contributed by atoms with E-state index in [4.69, 9.17) is 4.52 Å². The number of nitrogens with zero attached hydrogens (tertiary/aromatic N) is 3. The molecular formula is C22H20N6O4S. The van der Waals surface area contributed by atoms with Crippen LogP contribution in [0.25, 0.3) is 23.1 Å². The molecule has 1 aliphatic rings. The largest absolute Gasteiger partial charge is 0.341 e.